The van der Waals surface area contributed by atoms with E-state index in [1.54, 1.807) is 0 Å². The monoisotopic (exact) mass is 341 g/mol. The zero-order valence-corrected chi connectivity index (χ0v) is 16.8. The van der Waals surface area contributed by atoms with E-state index >= 15 is 0 Å². The van der Waals surface area contributed by atoms with Crippen LogP contribution in [0.2, 0.25) is 0 Å². The quantitative estimate of drug-likeness (QED) is 0.818. The lowest BCUT2D eigenvalue weighted by atomic mass is 10.1. The van der Waals surface area contributed by atoms with Gasteiger partial charge in [-0.3, -0.25) is 0 Å². The Bertz CT molecular complexity index is 299. The number of likely N-dealkylation sites (N-methyl/N-ethyl adjacent to an activating group) is 3. The average Bonchev–Trinajstić information content (AvgIpc) is 2.57. The molecule has 5 heteroatoms. The van der Waals surface area contributed by atoms with Gasteiger partial charge in [-0.2, -0.15) is 0 Å². The molecule has 1 heterocycles. The second-order valence-electron chi connectivity index (χ2n) is 7.66. The summed E-state index contributed by atoms with van der Waals surface area (Å²) in [4.78, 5) is 10.2. The molecule has 1 rings (SSSR count). The average molecular weight is 342 g/mol. The minimum Gasteiger partial charge on any atom is -0.330 e. The van der Waals surface area contributed by atoms with Gasteiger partial charge in [-0.15, -0.1) is 0 Å². The fourth-order valence-corrected chi connectivity index (χ4v) is 3.56. The Hall–Kier alpha value is -0.200. The van der Waals surface area contributed by atoms with Gasteiger partial charge in [0.25, 0.3) is 0 Å². The van der Waals surface area contributed by atoms with Gasteiger partial charge in [0.1, 0.15) is 0 Å². The largest absolute Gasteiger partial charge is 0.330 e. The molecule has 1 aliphatic rings. The number of nitrogens with two attached hydrogens (primary N) is 1. The molecule has 0 bridgehead atoms. The first kappa shape index (κ1) is 21.8. The highest BCUT2D eigenvalue weighted by Gasteiger charge is 2.17. The minimum absolute atomic E-state index is 0.712. The Labute approximate surface area is 151 Å². The van der Waals surface area contributed by atoms with Crippen LogP contribution in [0.15, 0.2) is 0 Å². The standard InChI is InChI=1S/C19H43N5/c1-5-8-19-9-14-24(13-6-10-20)18-16-22(3)12-7-11-21(2)15-17-23(19)4/h19H,5-18,20H2,1-4H3. The van der Waals surface area contributed by atoms with Crippen LogP contribution in [-0.4, -0.2) is 106 Å². The van der Waals surface area contributed by atoms with Crippen molar-refractivity contribution < 1.29 is 0 Å². The molecule has 1 atom stereocenters. The molecule has 144 valence electrons. The molecule has 1 unspecified atom stereocenters. The molecule has 0 aliphatic carbocycles. The van der Waals surface area contributed by atoms with E-state index in [4.69, 9.17) is 5.73 Å². The summed E-state index contributed by atoms with van der Waals surface area (Å²) in [6.45, 7) is 12.6. The van der Waals surface area contributed by atoms with Crippen molar-refractivity contribution in [3.8, 4) is 0 Å². The summed E-state index contributed by atoms with van der Waals surface area (Å²) in [5.74, 6) is 0. The highest BCUT2D eigenvalue weighted by Crippen LogP contribution is 2.11. The molecule has 0 aromatic rings. The molecule has 0 amide bonds. The van der Waals surface area contributed by atoms with Crippen molar-refractivity contribution in [2.24, 2.45) is 5.73 Å². The first-order chi connectivity index (χ1) is 11.6. The lowest BCUT2D eigenvalue weighted by molar-refractivity contribution is 0.151. The number of hydrogen-bond acceptors (Lipinski definition) is 5. The van der Waals surface area contributed by atoms with Crippen LogP contribution in [0.1, 0.15) is 39.0 Å². The number of nitrogens with zero attached hydrogens (tertiary/aromatic N) is 4. The van der Waals surface area contributed by atoms with E-state index in [1.165, 1.54) is 71.5 Å². The molecule has 1 saturated heterocycles. The first-order valence-electron chi connectivity index (χ1n) is 10.1. The van der Waals surface area contributed by atoms with Gasteiger partial charge in [0.2, 0.25) is 0 Å². The predicted octanol–water partition coefficient (Wildman–Crippen LogP) is 1.40. The fourth-order valence-electron chi connectivity index (χ4n) is 3.56. The van der Waals surface area contributed by atoms with Gasteiger partial charge in [0, 0.05) is 32.2 Å². The van der Waals surface area contributed by atoms with Gasteiger partial charge in [0.05, 0.1) is 0 Å². The van der Waals surface area contributed by atoms with Crippen LogP contribution in [0.25, 0.3) is 0 Å². The zero-order chi connectivity index (χ0) is 17.8. The maximum Gasteiger partial charge on any atom is 0.0109 e. The van der Waals surface area contributed by atoms with Crippen LogP contribution in [0.5, 0.6) is 0 Å². The summed E-state index contributed by atoms with van der Waals surface area (Å²) < 4.78 is 0. The van der Waals surface area contributed by atoms with E-state index in [-0.39, 0.29) is 0 Å². The Morgan fingerprint density at radius 2 is 1.54 bits per heavy atom. The van der Waals surface area contributed by atoms with E-state index < -0.39 is 0 Å². The maximum atomic E-state index is 5.74. The molecule has 0 aromatic heterocycles. The molecule has 1 aliphatic heterocycles. The van der Waals surface area contributed by atoms with Crippen LogP contribution in [0.4, 0.5) is 0 Å². The SMILES string of the molecule is CCCC1CCN(CCCN)CCN(C)CCCN(C)CCN1C. The minimum atomic E-state index is 0.712. The Morgan fingerprint density at radius 3 is 2.17 bits per heavy atom. The van der Waals surface area contributed by atoms with Gasteiger partial charge in [0.15, 0.2) is 0 Å². The lowest BCUT2D eigenvalue weighted by Crippen LogP contribution is -2.42. The van der Waals surface area contributed by atoms with E-state index in [1.807, 2.05) is 0 Å². The summed E-state index contributed by atoms with van der Waals surface area (Å²) in [6, 6.07) is 0.712. The topological polar surface area (TPSA) is 39.0 Å². The molecule has 1 fully saturated rings. The Balaban J connectivity index is 2.65. The van der Waals surface area contributed by atoms with Crippen LogP contribution in [0.3, 0.4) is 0 Å². The van der Waals surface area contributed by atoms with Crippen molar-refractivity contribution in [2.45, 2.75) is 45.1 Å². The molecular formula is C19H43N5. The molecule has 0 spiro atoms. The summed E-state index contributed by atoms with van der Waals surface area (Å²) in [6.07, 6.45) is 6.24. The van der Waals surface area contributed by atoms with Crippen molar-refractivity contribution in [1.29, 1.82) is 0 Å². The first-order valence-corrected chi connectivity index (χ1v) is 10.1. The maximum absolute atomic E-state index is 5.74. The lowest BCUT2D eigenvalue weighted by Gasteiger charge is -2.33. The van der Waals surface area contributed by atoms with Crippen molar-refractivity contribution in [1.82, 2.24) is 19.6 Å². The van der Waals surface area contributed by atoms with Crippen LogP contribution in [-0.2, 0) is 0 Å². The third kappa shape index (κ3) is 9.33. The third-order valence-electron chi connectivity index (χ3n) is 5.41. The fraction of sp³-hybridized carbons (Fsp3) is 1.00. The van der Waals surface area contributed by atoms with Crippen LogP contribution in [0, 0.1) is 0 Å². The zero-order valence-electron chi connectivity index (χ0n) is 16.8. The summed E-state index contributed by atoms with van der Waals surface area (Å²) in [7, 11) is 6.85. The molecule has 0 saturated carbocycles. The van der Waals surface area contributed by atoms with Gasteiger partial charge < -0.3 is 25.3 Å². The summed E-state index contributed by atoms with van der Waals surface area (Å²) >= 11 is 0. The summed E-state index contributed by atoms with van der Waals surface area (Å²) in [5.41, 5.74) is 5.74. The van der Waals surface area contributed by atoms with E-state index in [2.05, 4.69) is 47.7 Å². The van der Waals surface area contributed by atoms with Gasteiger partial charge in [-0.25, -0.2) is 0 Å². The van der Waals surface area contributed by atoms with Crippen molar-refractivity contribution >= 4 is 0 Å². The normalized spacial score (nSPS) is 25.6. The second-order valence-corrected chi connectivity index (χ2v) is 7.66. The van der Waals surface area contributed by atoms with Gasteiger partial charge in [-0.1, -0.05) is 13.3 Å². The van der Waals surface area contributed by atoms with Crippen LogP contribution >= 0.6 is 0 Å². The third-order valence-corrected chi connectivity index (χ3v) is 5.41. The predicted molar refractivity (Wildman–Crippen MR) is 106 cm³/mol. The summed E-state index contributed by atoms with van der Waals surface area (Å²) in [5, 5.41) is 0. The molecule has 5 nitrogen and oxygen atoms in total. The van der Waals surface area contributed by atoms with E-state index in [0.717, 1.165) is 19.5 Å². The molecule has 0 radical (unpaired) electrons. The van der Waals surface area contributed by atoms with Crippen LogP contribution < -0.4 is 5.73 Å². The Morgan fingerprint density at radius 1 is 0.875 bits per heavy atom. The smallest absolute Gasteiger partial charge is 0.0109 e. The van der Waals surface area contributed by atoms with Crippen molar-refractivity contribution in [3.63, 3.8) is 0 Å². The number of hydrogen-bond donors (Lipinski definition) is 1. The highest BCUT2D eigenvalue weighted by molar-refractivity contribution is 4.73. The van der Waals surface area contributed by atoms with Crippen molar-refractivity contribution in [2.75, 3.05) is 80.0 Å². The van der Waals surface area contributed by atoms with Gasteiger partial charge >= 0.3 is 0 Å². The van der Waals surface area contributed by atoms with E-state index in [0.29, 0.717) is 6.04 Å². The Kier molecular flexibility index (Phi) is 11.9. The molecule has 24 heavy (non-hydrogen) atoms. The molecule has 0 aromatic carbocycles. The van der Waals surface area contributed by atoms with Gasteiger partial charge in [-0.05, 0) is 79.6 Å². The number of rotatable bonds is 5. The molecule has 2 N–H and O–H groups in total. The molecular weight excluding hydrogens is 298 g/mol. The second kappa shape index (κ2) is 13.1. The highest BCUT2D eigenvalue weighted by atomic mass is 15.2. The van der Waals surface area contributed by atoms with E-state index in [9.17, 15) is 0 Å². The van der Waals surface area contributed by atoms with Crippen molar-refractivity contribution in [3.05, 3.63) is 0 Å².